The maximum absolute atomic E-state index is 12.9. The molecule has 5 rings (SSSR count). The number of hydrogen-bond acceptors (Lipinski definition) is 6. The van der Waals surface area contributed by atoms with E-state index in [0.29, 0.717) is 42.7 Å². The lowest BCUT2D eigenvalue weighted by molar-refractivity contribution is 0.113. The van der Waals surface area contributed by atoms with Gasteiger partial charge in [0.25, 0.3) is 5.56 Å². The fraction of sp³-hybridized carbons (Fsp3) is 0.385. The van der Waals surface area contributed by atoms with Crippen LogP contribution in [0.1, 0.15) is 30.9 Å². The molecule has 0 unspecified atom stereocenters. The normalized spacial score (nSPS) is 16.4. The molecule has 0 radical (unpaired) electrons. The van der Waals surface area contributed by atoms with Crippen LogP contribution in [-0.2, 0) is 17.8 Å². The summed E-state index contributed by atoms with van der Waals surface area (Å²) in [5.41, 5.74) is 2.25. The van der Waals surface area contributed by atoms with Gasteiger partial charge in [0.15, 0.2) is 16.6 Å². The van der Waals surface area contributed by atoms with Crippen LogP contribution in [0, 0.1) is 0 Å². The van der Waals surface area contributed by atoms with Gasteiger partial charge in [0.1, 0.15) is 5.75 Å². The lowest BCUT2D eigenvalue weighted by atomic mass is 10.1. The van der Waals surface area contributed by atoms with Gasteiger partial charge in [0.2, 0.25) is 6.79 Å². The van der Waals surface area contributed by atoms with E-state index in [2.05, 4.69) is 10.3 Å². The summed E-state index contributed by atoms with van der Waals surface area (Å²) in [4.78, 5) is 17.9. The zero-order chi connectivity index (χ0) is 24.2. The van der Waals surface area contributed by atoms with Crippen molar-refractivity contribution in [3.63, 3.8) is 0 Å². The molecule has 1 fully saturated rings. The second kappa shape index (κ2) is 10.5. The number of nitrogens with zero attached hydrogens (tertiary/aromatic N) is 1. The molecule has 2 aliphatic rings. The fourth-order valence-electron chi connectivity index (χ4n) is 4.39. The van der Waals surface area contributed by atoms with Gasteiger partial charge in [-0.15, -0.1) is 0 Å². The van der Waals surface area contributed by atoms with E-state index >= 15 is 0 Å². The predicted octanol–water partition coefficient (Wildman–Crippen LogP) is 3.71. The second-order valence-corrected chi connectivity index (χ2v) is 9.06. The zero-order valence-electron chi connectivity index (χ0n) is 19.7. The Morgan fingerprint density at radius 3 is 2.89 bits per heavy atom. The minimum atomic E-state index is -0.140. The molecule has 35 heavy (non-hydrogen) atoms. The van der Waals surface area contributed by atoms with Crippen LogP contribution in [-0.4, -0.2) is 47.7 Å². The summed E-state index contributed by atoms with van der Waals surface area (Å²) in [6.07, 6.45) is 2.24. The highest BCUT2D eigenvalue weighted by atomic mass is 32.1. The Hall–Kier alpha value is -3.30. The van der Waals surface area contributed by atoms with Crippen LogP contribution in [0.4, 0.5) is 0 Å². The van der Waals surface area contributed by atoms with E-state index in [0.717, 1.165) is 47.4 Å². The second-order valence-electron chi connectivity index (χ2n) is 8.67. The van der Waals surface area contributed by atoms with Crippen molar-refractivity contribution in [2.24, 2.45) is 0 Å². The number of aromatic nitrogens is 1. The third kappa shape index (κ3) is 5.52. The Bertz CT molecular complexity index is 1270. The van der Waals surface area contributed by atoms with Crippen molar-refractivity contribution in [1.29, 1.82) is 0 Å². The van der Waals surface area contributed by atoms with Crippen LogP contribution in [0.15, 0.2) is 47.3 Å². The minimum Gasteiger partial charge on any atom is -0.494 e. The number of H-pyrrole nitrogens is 1. The highest BCUT2D eigenvalue weighted by molar-refractivity contribution is 7.80. The first-order valence-corrected chi connectivity index (χ1v) is 12.3. The van der Waals surface area contributed by atoms with Crippen molar-refractivity contribution in [1.82, 2.24) is 15.2 Å². The largest absolute Gasteiger partial charge is 0.494 e. The summed E-state index contributed by atoms with van der Waals surface area (Å²) in [6, 6.07) is 13.4. The lowest BCUT2D eigenvalue weighted by Gasteiger charge is -2.27. The number of rotatable bonds is 8. The van der Waals surface area contributed by atoms with Gasteiger partial charge in [0.05, 0.1) is 19.3 Å². The molecule has 0 bridgehead atoms. The first kappa shape index (κ1) is 23.4. The Morgan fingerprint density at radius 2 is 2.06 bits per heavy atom. The Kier molecular flexibility index (Phi) is 7.06. The third-order valence-corrected chi connectivity index (χ3v) is 6.57. The summed E-state index contributed by atoms with van der Waals surface area (Å²) < 4.78 is 22.3. The number of pyridine rings is 1. The summed E-state index contributed by atoms with van der Waals surface area (Å²) in [7, 11) is 0. The number of nitrogens with one attached hydrogen (secondary N) is 2. The van der Waals surface area contributed by atoms with E-state index in [4.69, 9.17) is 31.2 Å². The Labute approximate surface area is 209 Å². The van der Waals surface area contributed by atoms with Crippen molar-refractivity contribution in [2.45, 2.75) is 39.0 Å². The van der Waals surface area contributed by atoms with Crippen molar-refractivity contribution >= 4 is 28.2 Å². The molecular formula is C26H29N3O5S. The van der Waals surface area contributed by atoms with Gasteiger partial charge in [-0.05, 0) is 73.9 Å². The maximum Gasteiger partial charge on any atom is 0.253 e. The van der Waals surface area contributed by atoms with E-state index in [1.165, 1.54) is 0 Å². The van der Waals surface area contributed by atoms with Crippen molar-refractivity contribution in [2.75, 3.05) is 26.6 Å². The van der Waals surface area contributed by atoms with E-state index in [1.807, 2.05) is 54.3 Å². The summed E-state index contributed by atoms with van der Waals surface area (Å²) in [6.45, 7) is 5.02. The van der Waals surface area contributed by atoms with Gasteiger partial charge in [-0.3, -0.25) is 4.79 Å². The number of benzene rings is 2. The third-order valence-electron chi connectivity index (χ3n) is 6.17. The molecule has 2 aromatic carbocycles. The van der Waals surface area contributed by atoms with Gasteiger partial charge in [-0.1, -0.05) is 6.07 Å². The van der Waals surface area contributed by atoms with Crippen molar-refractivity contribution in [3.05, 3.63) is 63.9 Å². The monoisotopic (exact) mass is 495 g/mol. The van der Waals surface area contributed by atoms with Gasteiger partial charge in [-0.25, -0.2) is 0 Å². The van der Waals surface area contributed by atoms with E-state index < -0.39 is 0 Å². The highest BCUT2D eigenvalue weighted by Crippen LogP contribution is 2.33. The first-order valence-electron chi connectivity index (χ1n) is 11.9. The average Bonchev–Trinajstić information content (AvgIpc) is 3.54. The lowest BCUT2D eigenvalue weighted by Crippen LogP contribution is -2.42. The van der Waals surface area contributed by atoms with Gasteiger partial charge >= 0.3 is 0 Å². The molecule has 184 valence electrons. The van der Waals surface area contributed by atoms with Crippen molar-refractivity contribution in [3.8, 4) is 17.2 Å². The summed E-state index contributed by atoms with van der Waals surface area (Å²) in [5, 5.41) is 4.82. The van der Waals surface area contributed by atoms with Crippen LogP contribution >= 0.6 is 12.2 Å². The number of aromatic amines is 1. The van der Waals surface area contributed by atoms with Crippen LogP contribution < -0.4 is 25.1 Å². The molecule has 1 saturated heterocycles. The van der Waals surface area contributed by atoms with Crippen LogP contribution in [0.2, 0.25) is 0 Å². The number of hydrogen-bond donors (Lipinski definition) is 2. The molecule has 0 amide bonds. The molecule has 2 aliphatic heterocycles. The number of ether oxygens (including phenoxy) is 4. The van der Waals surface area contributed by atoms with Gasteiger partial charge in [0, 0.05) is 36.2 Å². The molecule has 9 heteroatoms. The van der Waals surface area contributed by atoms with Gasteiger partial charge in [-0.2, -0.15) is 0 Å². The Balaban J connectivity index is 1.40. The van der Waals surface area contributed by atoms with Crippen LogP contribution in [0.3, 0.4) is 0 Å². The summed E-state index contributed by atoms with van der Waals surface area (Å²) >= 11 is 5.77. The molecule has 3 heterocycles. The molecular weight excluding hydrogens is 466 g/mol. The number of fused-ring (bicyclic) bond motifs is 2. The molecule has 2 N–H and O–H groups in total. The molecule has 0 spiro atoms. The zero-order valence-corrected chi connectivity index (χ0v) is 20.5. The smallest absolute Gasteiger partial charge is 0.253 e. The topological polar surface area (TPSA) is 85.1 Å². The Morgan fingerprint density at radius 1 is 1.17 bits per heavy atom. The average molecular weight is 496 g/mol. The van der Waals surface area contributed by atoms with E-state index in [-0.39, 0.29) is 18.5 Å². The standard InChI is InChI=1S/C26H29N3O5S/c1-2-31-20-6-7-22-18(12-20)11-19(25(30)28-22)15-29(26(35)27-13-21-4-3-9-32-21)14-17-5-8-23-24(10-17)34-16-33-23/h5-8,10-12,21H,2-4,9,13-16H2,1H3,(H,27,35)(H,28,30)/t21-/m0/s1. The molecule has 1 atom stereocenters. The van der Waals surface area contributed by atoms with Crippen molar-refractivity contribution < 1.29 is 18.9 Å². The SMILES string of the molecule is CCOc1ccc2[nH]c(=O)c(CN(Cc3ccc4c(c3)OCO4)C(=S)NC[C@@H]3CCCO3)cc2c1. The summed E-state index contributed by atoms with van der Waals surface area (Å²) in [5.74, 6) is 2.21. The predicted molar refractivity (Wildman–Crippen MR) is 137 cm³/mol. The van der Waals surface area contributed by atoms with Crippen LogP contribution in [0.25, 0.3) is 10.9 Å². The highest BCUT2D eigenvalue weighted by Gasteiger charge is 2.20. The quantitative estimate of drug-likeness (QED) is 0.458. The molecule has 8 nitrogen and oxygen atoms in total. The maximum atomic E-state index is 12.9. The van der Waals surface area contributed by atoms with Crippen LogP contribution in [0.5, 0.6) is 17.2 Å². The first-order chi connectivity index (χ1) is 17.1. The minimum absolute atomic E-state index is 0.140. The molecule has 3 aromatic rings. The fourth-order valence-corrected chi connectivity index (χ4v) is 4.60. The molecule has 0 saturated carbocycles. The number of thiocarbonyl (C=S) groups is 1. The molecule has 1 aromatic heterocycles. The van der Waals surface area contributed by atoms with Gasteiger partial charge < -0.3 is 34.1 Å². The molecule has 0 aliphatic carbocycles. The van der Waals surface area contributed by atoms with E-state index in [9.17, 15) is 4.79 Å². The van der Waals surface area contributed by atoms with E-state index in [1.54, 1.807) is 0 Å².